The summed E-state index contributed by atoms with van der Waals surface area (Å²) < 4.78 is 5.26. The van der Waals surface area contributed by atoms with E-state index < -0.39 is 0 Å². The Hall–Kier alpha value is -2.81. The highest BCUT2D eigenvalue weighted by atomic mass is 16.3. The number of nitrogens with two attached hydrogens (primary N) is 1. The van der Waals surface area contributed by atoms with E-state index in [-0.39, 0.29) is 5.84 Å². The second kappa shape index (κ2) is 5.05. The fourth-order valence-electron chi connectivity index (χ4n) is 2.10. The number of fused-ring (bicyclic) bond motifs is 1. The smallest absolute Gasteiger partial charge is 0.126 e. The molecule has 3 N–H and O–H groups in total. The van der Waals surface area contributed by atoms with Gasteiger partial charge < -0.3 is 10.2 Å². The summed E-state index contributed by atoms with van der Waals surface area (Å²) in [5.74, 6) is 0.922. The normalized spacial score (nSPS) is 11.2. The molecule has 0 saturated carbocycles. The average molecular weight is 262 g/mol. The van der Waals surface area contributed by atoms with Crippen molar-refractivity contribution < 1.29 is 4.42 Å². The molecular formula is C17H14N2O. The first-order valence-corrected chi connectivity index (χ1v) is 6.32. The molecule has 0 amide bonds. The van der Waals surface area contributed by atoms with Crippen molar-refractivity contribution in [3.63, 3.8) is 0 Å². The SMILES string of the molecule is N=C(N)c1ccc2cc(C=Cc3ccco3)ccc2c1. The second-order valence-corrected chi connectivity index (χ2v) is 4.58. The minimum Gasteiger partial charge on any atom is -0.465 e. The highest BCUT2D eigenvalue weighted by Crippen LogP contribution is 2.19. The molecule has 1 aromatic heterocycles. The third kappa shape index (κ3) is 2.47. The van der Waals surface area contributed by atoms with Crippen LogP contribution < -0.4 is 5.73 Å². The first-order chi connectivity index (χ1) is 9.72. The van der Waals surface area contributed by atoms with E-state index in [9.17, 15) is 0 Å². The molecule has 0 aliphatic rings. The summed E-state index contributed by atoms with van der Waals surface area (Å²) in [6.45, 7) is 0. The van der Waals surface area contributed by atoms with Crippen LogP contribution in [0.15, 0.2) is 59.2 Å². The van der Waals surface area contributed by atoms with Gasteiger partial charge in [-0.1, -0.05) is 30.3 Å². The van der Waals surface area contributed by atoms with Gasteiger partial charge in [0.15, 0.2) is 0 Å². The maximum absolute atomic E-state index is 7.45. The van der Waals surface area contributed by atoms with Crippen LogP contribution in [0.2, 0.25) is 0 Å². The molecule has 2 aromatic carbocycles. The number of hydrogen-bond donors (Lipinski definition) is 2. The number of benzene rings is 2. The van der Waals surface area contributed by atoms with E-state index in [1.165, 1.54) is 0 Å². The number of hydrogen-bond acceptors (Lipinski definition) is 2. The topological polar surface area (TPSA) is 63.0 Å². The third-order valence-corrected chi connectivity index (χ3v) is 3.16. The molecule has 0 aliphatic carbocycles. The maximum atomic E-state index is 7.45. The van der Waals surface area contributed by atoms with E-state index >= 15 is 0 Å². The molecule has 98 valence electrons. The van der Waals surface area contributed by atoms with Crippen molar-refractivity contribution in [1.82, 2.24) is 0 Å². The first kappa shape index (κ1) is 12.2. The largest absolute Gasteiger partial charge is 0.465 e. The van der Waals surface area contributed by atoms with Gasteiger partial charge in [0.05, 0.1) is 6.26 Å². The number of nitrogens with one attached hydrogen (secondary N) is 1. The number of amidine groups is 1. The molecular weight excluding hydrogens is 248 g/mol. The minimum absolute atomic E-state index is 0.0914. The molecule has 0 unspecified atom stereocenters. The van der Waals surface area contributed by atoms with E-state index in [4.69, 9.17) is 15.6 Å². The molecule has 0 aliphatic heterocycles. The lowest BCUT2D eigenvalue weighted by Gasteiger charge is -2.03. The van der Waals surface area contributed by atoms with Crippen molar-refractivity contribution in [1.29, 1.82) is 5.41 Å². The molecule has 0 atom stereocenters. The van der Waals surface area contributed by atoms with Gasteiger partial charge in [-0.15, -0.1) is 0 Å². The molecule has 3 nitrogen and oxygen atoms in total. The average Bonchev–Trinajstić information content (AvgIpc) is 2.97. The van der Waals surface area contributed by atoms with Gasteiger partial charge >= 0.3 is 0 Å². The maximum Gasteiger partial charge on any atom is 0.126 e. The summed E-state index contributed by atoms with van der Waals surface area (Å²) in [7, 11) is 0. The quantitative estimate of drug-likeness (QED) is 0.555. The first-order valence-electron chi connectivity index (χ1n) is 6.32. The summed E-state index contributed by atoms with van der Waals surface area (Å²) in [4.78, 5) is 0. The van der Waals surface area contributed by atoms with Crippen LogP contribution in [0.3, 0.4) is 0 Å². The van der Waals surface area contributed by atoms with Crippen molar-refractivity contribution in [2.45, 2.75) is 0 Å². The van der Waals surface area contributed by atoms with Gasteiger partial charge in [0.25, 0.3) is 0 Å². The molecule has 20 heavy (non-hydrogen) atoms. The number of nitrogen functional groups attached to an aromatic ring is 1. The van der Waals surface area contributed by atoms with Gasteiger partial charge in [-0.3, -0.25) is 5.41 Å². The molecule has 0 spiro atoms. The van der Waals surface area contributed by atoms with Crippen molar-refractivity contribution in [2.75, 3.05) is 0 Å². The van der Waals surface area contributed by atoms with Crippen LogP contribution in [0.5, 0.6) is 0 Å². The van der Waals surface area contributed by atoms with Gasteiger partial charge in [-0.25, -0.2) is 0 Å². The Bertz CT molecular complexity index is 786. The zero-order chi connectivity index (χ0) is 13.9. The van der Waals surface area contributed by atoms with Crippen LogP contribution in [0, 0.1) is 5.41 Å². The highest BCUT2D eigenvalue weighted by Gasteiger charge is 1.99. The van der Waals surface area contributed by atoms with Crippen molar-refractivity contribution >= 4 is 28.8 Å². The standard InChI is InChI=1S/C17H14N2O/c18-17(19)15-7-6-13-10-12(3-5-14(13)11-15)4-8-16-2-1-9-20-16/h1-11H,(H3,18,19). The van der Waals surface area contributed by atoms with Gasteiger partial charge in [0.2, 0.25) is 0 Å². The number of furan rings is 1. The molecule has 3 heteroatoms. The summed E-state index contributed by atoms with van der Waals surface area (Å²) >= 11 is 0. The molecule has 3 aromatic rings. The lowest BCUT2D eigenvalue weighted by atomic mass is 10.0. The zero-order valence-electron chi connectivity index (χ0n) is 10.8. The summed E-state index contributed by atoms with van der Waals surface area (Å²) in [6, 6.07) is 15.7. The Morgan fingerprint density at radius 1 is 1.00 bits per heavy atom. The second-order valence-electron chi connectivity index (χ2n) is 4.58. The van der Waals surface area contributed by atoms with Crippen molar-refractivity contribution in [3.05, 3.63) is 71.7 Å². The molecule has 0 bridgehead atoms. The fourth-order valence-corrected chi connectivity index (χ4v) is 2.10. The van der Waals surface area contributed by atoms with E-state index in [2.05, 4.69) is 6.07 Å². The zero-order valence-corrected chi connectivity index (χ0v) is 10.8. The summed E-state index contributed by atoms with van der Waals surface area (Å²) in [6.07, 6.45) is 5.60. The Balaban J connectivity index is 1.95. The Morgan fingerprint density at radius 2 is 1.80 bits per heavy atom. The van der Waals surface area contributed by atoms with Crippen LogP contribution in [0.1, 0.15) is 16.9 Å². The Kier molecular flexibility index (Phi) is 3.09. The highest BCUT2D eigenvalue weighted by molar-refractivity contribution is 5.99. The van der Waals surface area contributed by atoms with E-state index in [1.54, 1.807) is 6.26 Å². The molecule has 3 rings (SSSR count). The third-order valence-electron chi connectivity index (χ3n) is 3.16. The number of rotatable bonds is 3. The lowest BCUT2D eigenvalue weighted by molar-refractivity contribution is 0.557. The fraction of sp³-hybridized carbons (Fsp3) is 0. The van der Waals surface area contributed by atoms with Gasteiger partial charge in [0, 0.05) is 5.56 Å². The van der Waals surface area contributed by atoms with Crippen LogP contribution in [0.25, 0.3) is 22.9 Å². The van der Waals surface area contributed by atoms with Gasteiger partial charge in [0.1, 0.15) is 11.6 Å². The lowest BCUT2D eigenvalue weighted by Crippen LogP contribution is -2.10. The molecule has 0 fully saturated rings. The predicted molar refractivity (Wildman–Crippen MR) is 82.6 cm³/mol. The van der Waals surface area contributed by atoms with Crippen LogP contribution in [0.4, 0.5) is 0 Å². The van der Waals surface area contributed by atoms with Crippen LogP contribution in [-0.4, -0.2) is 5.84 Å². The van der Waals surface area contributed by atoms with E-state index in [1.807, 2.05) is 54.6 Å². The Morgan fingerprint density at radius 3 is 2.55 bits per heavy atom. The molecule has 1 heterocycles. The predicted octanol–water partition coefficient (Wildman–Crippen LogP) is 3.89. The van der Waals surface area contributed by atoms with E-state index in [0.29, 0.717) is 0 Å². The van der Waals surface area contributed by atoms with Crippen LogP contribution >= 0.6 is 0 Å². The van der Waals surface area contributed by atoms with Crippen LogP contribution in [-0.2, 0) is 0 Å². The monoisotopic (exact) mass is 262 g/mol. The van der Waals surface area contributed by atoms with Crippen molar-refractivity contribution in [2.24, 2.45) is 5.73 Å². The van der Waals surface area contributed by atoms with E-state index in [0.717, 1.165) is 27.7 Å². The molecule has 0 radical (unpaired) electrons. The molecule has 0 saturated heterocycles. The summed E-state index contributed by atoms with van der Waals surface area (Å²) in [5.41, 5.74) is 7.35. The van der Waals surface area contributed by atoms with Gasteiger partial charge in [-0.2, -0.15) is 0 Å². The Labute approximate surface area is 116 Å². The van der Waals surface area contributed by atoms with Crippen molar-refractivity contribution in [3.8, 4) is 0 Å². The summed E-state index contributed by atoms with van der Waals surface area (Å²) in [5, 5.41) is 9.65. The minimum atomic E-state index is 0.0914. The van der Waals surface area contributed by atoms with Gasteiger partial charge in [-0.05, 0) is 46.7 Å².